The van der Waals surface area contributed by atoms with E-state index in [1.54, 1.807) is 24.3 Å². The number of benzene rings is 3. The van der Waals surface area contributed by atoms with E-state index in [0.29, 0.717) is 16.5 Å². The first-order chi connectivity index (χ1) is 17.1. The molecule has 0 aliphatic rings. The van der Waals surface area contributed by atoms with Crippen LogP contribution in [0.2, 0.25) is 5.02 Å². The first kappa shape index (κ1) is 30.8. The fraction of sp³-hybridized carbons (Fsp3) is 0.231. The summed E-state index contributed by atoms with van der Waals surface area (Å²) >= 11 is 5.80. The molecule has 0 heterocycles. The van der Waals surface area contributed by atoms with E-state index < -0.39 is 22.0 Å². The predicted octanol–water partition coefficient (Wildman–Crippen LogP) is 4.29. The standard InChI is InChI=1S/C17H17ClN2O5S.C7H8.C2H7N/c1-12(10-17(22)19-11-21)20-26(23,24)16-8-6-15(7-9-16)25-14-4-2-13(18)3-5-14;1-7-5-3-2-4-6-7;1-3-2/h2-9,11-12,20H,10H2,1H3,(H,19,21,22);2-6H,1H3;3H,1-2H3/t12-;;/m1../s1. The zero-order valence-corrected chi connectivity index (χ0v) is 22.3. The molecule has 10 heteroatoms. The third-order valence-corrected chi connectivity index (χ3v) is 6.05. The van der Waals surface area contributed by atoms with Crippen LogP contribution in [0.15, 0.2) is 83.8 Å². The molecule has 0 aromatic heterocycles. The fourth-order valence-electron chi connectivity index (χ4n) is 2.64. The number of ether oxygens (including phenoxy) is 1. The van der Waals surface area contributed by atoms with Crippen LogP contribution in [0.1, 0.15) is 18.9 Å². The van der Waals surface area contributed by atoms with E-state index in [-0.39, 0.29) is 17.7 Å². The van der Waals surface area contributed by atoms with Gasteiger partial charge in [-0.3, -0.25) is 14.9 Å². The van der Waals surface area contributed by atoms with Gasteiger partial charge in [0.2, 0.25) is 22.3 Å². The predicted molar refractivity (Wildman–Crippen MR) is 143 cm³/mol. The first-order valence-corrected chi connectivity index (χ1v) is 12.9. The minimum absolute atomic E-state index is 0.0311. The van der Waals surface area contributed by atoms with Crippen molar-refractivity contribution >= 4 is 33.9 Å². The number of aryl methyl sites for hydroxylation is 1. The van der Waals surface area contributed by atoms with Crippen LogP contribution in [0.4, 0.5) is 0 Å². The smallest absolute Gasteiger partial charge is 0.240 e. The maximum atomic E-state index is 12.3. The van der Waals surface area contributed by atoms with Gasteiger partial charge in [0.1, 0.15) is 11.5 Å². The van der Waals surface area contributed by atoms with Crippen LogP contribution in [-0.4, -0.2) is 40.9 Å². The summed E-state index contributed by atoms with van der Waals surface area (Å²) in [6.45, 7) is 3.61. The van der Waals surface area contributed by atoms with Crippen molar-refractivity contribution in [2.75, 3.05) is 14.1 Å². The van der Waals surface area contributed by atoms with Crippen molar-refractivity contribution in [3.8, 4) is 11.5 Å². The van der Waals surface area contributed by atoms with Gasteiger partial charge < -0.3 is 10.1 Å². The monoisotopic (exact) mass is 533 g/mol. The van der Waals surface area contributed by atoms with Gasteiger partial charge >= 0.3 is 0 Å². The van der Waals surface area contributed by atoms with Crippen LogP contribution in [0, 0.1) is 6.92 Å². The van der Waals surface area contributed by atoms with E-state index in [2.05, 4.69) is 29.1 Å². The average molecular weight is 534 g/mol. The van der Waals surface area contributed by atoms with Gasteiger partial charge in [-0.05, 0) is 76.5 Å². The lowest BCUT2D eigenvalue weighted by Gasteiger charge is -2.13. The van der Waals surface area contributed by atoms with Crippen molar-refractivity contribution in [3.05, 3.63) is 89.4 Å². The lowest BCUT2D eigenvalue weighted by Crippen LogP contribution is -2.37. The Morgan fingerprint density at radius 3 is 1.89 bits per heavy atom. The lowest BCUT2D eigenvalue weighted by molar-refractivity contribution is -0.125. The molecular formula is C26H32ClN3O5S. The summed E-state index contributed by atoms with van der Waals surface area (Å²) in [5.74, 6) is 0.463. The molecule has 3 N–H and O–H groups in total. The maximum absolute atomic E-state index is 12.3. The quantitative estimate of drug-likeness (QED) is 0.372. The van der Waals surface area contributed by atoms with E-state index in [0.717, 1.165) is 0 Å². The van der Waals surface area contributed by atoms with Crippen LogP contribution in [0.25, 0.3) is 0 Å². The molecule has 0 aliphatic carbocycles. The van der Waals surface area contributed by atoms with E-state index in [4.69, 9.17) is 16.3 Å². The Labute approximate surface area is 218 Å². The number of halogens is 1. The second-order valence-electron chi connectivity index (χ2n) is 7.59. The molecule has 0 unspecified atom stereocenters. The lowest BCUT2D eigenvalue weighted by atomic mass is 10.2. The number of hydrogen-bond donors (Lipinski definition) is 3. The third-order valence-electron chi connectivity index (χ3n) is 4.19. The van der Waals surface area contributed by atoms with Crippen LogP contribution in [0.5, 0.6) is 11.5 Å². The van der Waals surface area contributed by atoms with Gasteiger partial charge in [-0.1, -0.05) is 47.5 Å². The topological polar surface area (TPSA) is 114 Å². The second kappa shape index (κ2) is 16.4. The summed E-state index contributed by atoms with van der Waals surface area (Å²) in [4.78, 5) is 21.5. The second-order valence-corrected chi connectivity index (χ2v) is 9.74. The van der Waals surface area contributed by atoms with Crippen molar-refractivity contribution in [1.29, 1.82) is 0 Å². The molecule has 8 nitrogen and oxygen atoms in total. The number of carbonyl (C=O) groups excluding carboxylic acids is 2. The largest absolute Gasteiger partial charge is 0.457 e. The summed E-state index contributed by atoms with van der Waals surface area (Å²) in [5.41, 5.74) is 1.32. The Hall–Kier alpha value is -3.24. The molecule has 0 saturated carbocycles. The molecule has 0 radical (unpaired) electrons. The fourth-order valence-corrected chi connectivity index (χ4v) is 4.01. The van der Waals surface area contributed by atoms with Crippen LogP contribution in [-0.2, 0) is 19.6 Å². The molecule has 36 heavy (non-hydrogen) atoms. The normalized spacial score (nSPS) is 11.0. The third kappa shape index (κ3) is 12.5. The van der Waals surface area contributed by atoms with Gasteiger partial charge in [0.15, 0.2) is 0 Å². The Morgan fingerprint density at radius 1 is 0.944 bits per heavy atom. The van der Waals surface area contributed by atoms with Crippen molar-refractivity contribution < 1.29 is 22.7 Å². The molecular weight excluding hydrogens is 502 g/mol. The van der Waals surface area contributed by atoms with Crippen LogP contribution < -0.4 is 20.1 Å². The highest BCUT2D eigenvalue weighted by atomic mass is 35.5. The number of carbonyl (C=O) groups is 2. The maximum Gasteiger partial charge on any atom is 0.240 e. The molecule has 0 aliphatic heterocycles. The van der Waals surface area contributed by atoms with E-state index in [1.165, 1.54) is 36.8 Å². The number of sulfonamides is 1. The van der Waals surface area contributed by atoms with Gasteiger partial charge in [-0.15, -0.1) is 0 Å². The molecule has 194 valence electrons. The van der Waals surface area contributed by atoms with Crippen molar-refractivity contribution in [2.24, 2.45) is 0 Å². The average Bonchev–Trinajstić information content (AvgIpc) is 2.82. The molecule has 0 bridgehead atoms. The van der Waals surface area contributed by atoms with Gasteiger partial charge in [-0.25, -0.2) is 13.1 Å². The van der Waals surface area contributed by atoms with Crippen molar-refractivity contribution in [2.45, 2.75) is 31.2 Å². The Kier molecular flexibility index (Phi) is 14.1. The molecule has 0 fully saturated rings. The Morgan fingerprint density at radius 2 is 1.44 bits per heavy atom. The number of nitrogens with one attached hydrogen (secondary N) is 3. The minimum atomic E-state index is -3.81. The first-order valence-electron chi connectivity index (χ1n) is 11.0. The summed E-state index contributed by atoms with van der Waals surface area (Å²) in [6, 6.07) is 22.2. The number of rotatable bonds is 8. The van der Waals surface area contributed by atoms with E-state index in [1.807, 2.05) is 37.6 Å². The van der Waals surface area contributed by atoms with Crippen LogP contribution in [0.3, 0.4) is 0 Å². The molecule has 3 aromatic carbocycles. The number of amides is 2. The Bertz CT molecular complexity index is 1160. The summed E-state index contributed by atoms with van der Waals surface area (Å²) in [6.07, 6.45) is 0.0959. The Balaban J connectivity index is 0.000000540. The summed E-state index contributed by atoms with van der Waals surface area (Å²) in [5, 5.41) is 5.29. The summed E-state index contributed by atoms with van der Waals surface area (Å²) in [7, 11) is -0.0566. The SMILES string of the molecule is CNC.C[C@H](CC(=O)NC=O)NS(=O)(=O)c1ccc(Oc2ccc(Cl)cc2)cc1.Cc1ccccc1. The molecule has 0 spiro atoms. The van der Waals surface area contributed by atoms with Crippen molar-refractivity contribution in [3.63, 3.8) is 0 Å². The minimum Gasteiger partial charge on any atom is -0.457 e. The highest BCUT2D eigenvalue weighted by Crippen LogP contribution is 2.24. The molecule has 3 rings (SSSR count). The summed E-state index contributed by atoms with van der Waals surface area (Å²) < 4.78 is 32.6. The van der Waals surface area contributed by atoms with Gasteiger partial charge in [0, 0.05) is 17.5 Å². The van der Waals surface area contributed by atoms with Gasteiger partial charge in [0.05, 0.1) is 4.90 Å². The van der Waals surface area contributed by atoms with Crippen molar-refractivity contribution in [1.82, 2.24) is 15.4 Å². The van der Waals surface area contributed by atoms with Crippen LogP contribution >= 0.6 is 11.6 Å². The zero-order chi connectivity index (χ0) is 27.0. The van der Waals surface area contributed by atoms with Gasteiger partial charge in [0.25, 0.3) is 0 Å². The zero-order valence-electron chi connectivity index (χ0n) is 20.7. The highest BCUT2D eigenvalue weighted by molar-refractivity contribution is 7.89. The van der Waals surface area contributed by atoms with E-state index >= 15 is 0 Å². The molecule has 0 saturated heterocycles. The van der Waals surface area contributed by atoms with Gasteiger partial charge in [-0.2, -0.15) is 0 Å². The van der Waals surface area contributed by atoms with E-state index in [9.17, 15) is 18.0 Å². The molecule has 2 amide bonds. The number of imide groups is 1. The molecule has 3 aromatic rings. The highest BCUT2D eigenvalue weighted by Gasteiger charge is 2.19. The number of hydrogen-bond acceptors (Lipinski definition) is 6. The molecule has 1 atom stereocenters.